The topological polar surface area (TPSA) is 47.3 Å². The van der Waals surface area contributed by atoms with E-state index in [1.807, 2.05) is 0 Å². The van der Waals surface area contributed by atoms with Crippen LogP contribution in [0.4, 0.5) is 10.1 Å². The fourth-order valence-electron chi connectivity index (χ4n) is 1.27. The van der Waals surface area contributed by atoms with E-state index in [1.165, 1.54) is 17.0 Å². The molecule has 0 bridgehead atoms. The SMILES string of the molecule is CN(C)C(=O)CN(C)c1ccc(C#N)c(F)c1. The van der Waals surface area contributed by atoms with Gasteiger partial charge in [0.2, 0.25) is 5.91 Å². The predicted octanol–water partition coefficient (Wildman–Crippen LogP) is 1.22. The van der Waals surface area contributed by atoms with Crippen LogP contribution in [0.1, 0.15) is 5.56 Å². The van der Waals surface area contributed by atoms with Crippen molar-refractivity contribution in [3.05, 3.63) is 29.6 Å². The van der Waals surface area contributed by atoms with Crippen molar-refractivity contribution in [1.82, 2.24) is 4.90 Å². The number of anilines is 1. The van der Waals surface area contributed by atoms with Crippen LogP contribution in [0.3, 0.4) is 0 Å². The molecule has 0 aliphatic rings. The molecule has 0 fully saturated rings. The zero-order valence-electron chi connectivity index (χ0n) is 10.1. The number of hydrogen-bond acceptors (Lipinski definition) is 3. The van der Waals surface area contributed by atoms with Gasteiger partial charge in [0.1, 0.15) is 11.9 Å². The lowest BCUT2D eigenvalue weighted by molar-refractivity contribution is -0.127. The Morgan fingerprint density at radius 3 is 2.53 bits per heavy atom. The summed E-state index contributed by atoms with van der Waals surface area (Å²) < 4.78 is 13.4. The Morgan fingerprint density at radius 2 is 2.06 bits per heavy atom. The number of carbonyl (C=O) groups excluding carboxylic acids is 1. The van der Waals surface area contributed by atoms with E-state index < -0.39 is 5.82 Å². The predicted molar refractivity (Wildman–Crippen MR) is 63.1 cm³/mol. The van der Waals surface area contributed by atoms with E-state index in [4.69, 9.17) is 5.26 Å². The molecule has 0 aliphatic heterocycles. The molecule has 0 radical (unpaired) electrons. The van der Waals surface area contributed by atoms with Gasteiger partial charge in [-0.1, -0.05) is 0 Å². The summed E-state index contributed by atoms with van der Waals surface area (Å²) in [7, 11) is 5.02. The summed E-state index contributed by atoms with van der Waals surface area (Å²) in [6.07, 6.45) is 0. The van der Waals surface area contributed by atoms with Crippen LogP contribution in [0, 0.1) is 17.1 Å². The van der Waals surface area contributed by atoms with Gasteiger partial charge in [0.25, 0.3) is 0 Å². The molecule has 1 rings (SSSR count). The first kappa shape index (κ1) is 13.0. The molecule has 1 aromatic carbocycles. The number of rotatable bonds is 3. The molecular weight excluding hydrogens is 221 g/mol. The van der Waals surface area contributed by atoms with Crippen molar-refractivity contribution < 1.29 is 9.18 Å². The standard InChI is InChI=1S/C12H14FN3O/c1-15(2)12(17)8-16(3)10-5-4-9(7-14)11(13)6-10/h4-6H,8H2,1-3H3. The molecule has 90 valence electrons. The van der Waals surface area contributed by atoms with Crippen LogP contribution in [0.2, 0.25) is 0 Å². The van der Waals surface area contributed by atoms with Crippen LogP contribution < -0.4 is 4.90 Å². The van der Waals surface area contributed by atoms with Crippen molar-refractivity contribution in [2.24, 2.45) is 0 Å². The van der Waals surface area contributed by atoms with Gasteiger partial charge in [0.05, 0.1) is 12.1 Å². The van der Waals surface area contributed by atoms with E-state index in [0.29, 0.717) is 5.69 Å². The second-order valence-electron chi connectivity index (χ2n) is 3.92. The molecule has 0 aromatic heterocycles. The van der Waals surface area contributed by atoms with Gasteiger partial charge in [-0.05, 0) is 18.2 Å². The van der Waals surface area contributed by atoms with Crippen LogP contribution in [0.25, 0.3) is 0 Å². The Kier molecular flexibility index (Phi) is 4.05. The smallest absolute Gasteiger partial charge is 0.241 e. The first-order chi connectivity index (χ1) is 7.95. The highest BCUT2D eigenvalue weighted by atomic mass is 19.1. The minimum Gasteiger partial charge on any atom is -0.365 e. The number of benzene rings is 1. The second-order valence-corrected chi connectivity index (χ2v) is 3.92. The quantitative estimate of drug-likeness (QED) is 0.791. The molecule has 4 nitrogen and oxygen atoms in total. The number of halogens is 1. The number of hydrogen-bond donors (Lipinski definition) is 0. The summed E-state index contributed by atoms with van der Waals surface area (Å²) in [5, 5.41) is 8.60. The maximum atomic E-state index is 13.4. The van der Waals surface area contributed by atoms with Crippen molar-refractivity contribution in [3.63, 3.8) is 0 Å². The third-order valence-corrected chi connectivity index (χ3v) is 2.39. The third-order valence-electron chi connectivity index (χ3n) is 2.39. The number of nitriles is 1. The lowest BCUT2D eigenvalue weighted by atomic mass is 10.2. The van der Waals surface area contributed by atoms with Crippen LogP contribution in [-0.4, -0.2) is 38.5 Å². The normalized spacial score (nSPS) is 9.59. The number of likely N-dealkylation sites (N-methyl/N-ethyl adjacent to an activating group) is 2. The molecule has 1 aromatic rings. The molecule has 0 spiro atoms. The molecule has 0 atom stereocenters. The maximum Gasteiger partial charge on any atom is 0.241 e. The third kappa shape index (κ3) is 3.18. The molecule has 0 aliphatic carbocycles. The van der Waals surface area contributed by atoms with E-state index >= 15 is 0 Å². The van der Waals surface area contributed by atoms with Gasteiger partial charge >= 0.3 is 0 Å². The van der Waals surface area contributed by atoms with Gasteiger partial charge in [0, 0.05) is 26.8 Å². The molecule has 0 N–H and O–H groups in total. The van der Waals surface area contributed by atoms with Gasteiger partial charge in [-0.15, -0.1) is 0 Å². The Morgan fingerprint density at radius 1 is 1.41 bits per heavy atom. The first-order valence-electron chi connectivity index (χ1n) is 5.06. The molecule has 5 heteroatoms. The van der Waals surface area contributed by atoms with Crippen LogP contribution in [0.15, 0.2) is 18.2 Å². The number of amides is 1. The summed E-state index contributed by atoms with van der Waals surface area (Å²) in [4.78, 5) is 14.6. The fourth-order valence-corrected chi connectivity index (χ4v) is 1.27. The molecule has 0 saturated carbocycles. The van der Waals surface area contributed by atoms with Crippen LogP contribution in [-0.2, 0) is 4.79 Å². The lowest BCUT2D eigenvalue weighted by Crippen LogP contribution is -2.34. The molecule has 1 amide bonds. The van der Waals surface area contributed by atoms with Crippen molar-refractivity contribution in [2.75, 3.05) is 32.6 Å². The maximum absolute atomic E-state index is 13.4. The zero-order valence-corrected chi connectivity index (χ0v) is 10.1. The van der Waals surface area contributed by atoms with Crippen molar-refractivity contribution in [3.8, 4) is 6.07 Å². The highest BCUT2D eigenvalue weighted by Crippen LogP contribution is 2.17. The molecule has 0 unspecified atom stereocenters. The molecule has 17 heavy (non-hydrogen) atoms. The summed E-state index contributed by atoms with van der Waals surface area (Å²) in [5.74, 6) is -0.647. The fraction of sp³-hybridized carbons (Fsp3) is 0.333. The van der Waals surface area contributed by atoms with Gasteiger partial charge in [-0.2, -0.15) is 5.26 Å². The van der Waals surface area contributed by atoms with E-state index in [1.54, 1.807) is 38.2 Å². The Bertz CT molecular complexity index is 465. The molecular formula is C12H14FN3O. The minimum atomic E-state index is -0.575. The van der Waals surface area contributed by atoms with Gasteiger partial charge in [-0.3, -0.25) is 4.79 Å². The van der Waals surface area contributed by atoms with E-state index in [-0.39, 0.29) is 18.0 Å². The Hall–Kier alpha value is -2.09. The van der Waals surface area contributed by atoms with Crippen LogP contribution >= 0.6 is 0 Å². The second kappa shape index (κ2) is 5.30. The highest BCUT2D eigenvalue weighted by molar-refractivity contribution is 5.80. The summed E-state index contributed by atoms with van der Waals surface area (Å²) >= 11 is 0. The van der Waals surface area contributed by atoms with E-state index in [2.05, 4.69) is 0 Å². The first-order valence-corrected chi connectivity index (χ1v) is 5.06. The zero-order chi connectivity index (χ0) is 13.0. The summed E-state index contributed by atoms with van der Waals surface area (Å²) in [5.41, 5.74) is 0.567. The van der Waals surface area contributed by atoms with Crippen molar-refractivity contribution >= 4 is 11.6 Å². The summed E-state index contributed by atoms with van der Waals surface area (Å²) in [6.45, 7) is 0.165. The van der Waals surface area contributed by atoms with Gasteiger partial charge in [0.15, 0.2) is 0 Å². The van der Waals surface area contributed by atoms with Gasteiger partial charge < -0.3 is 9.80 Å². The van der Waals surface area contributed by atoms with E-state index in [9.17, 15) is 9.18 Å². The monoisotopic (exact) mass is 235 g/mol. The molecule has 0 heterocycles. The van der Waals surface area contributed by atoms with Crippen molar-refractivity contribution in [1.29, 1.82) is 5.26 Å². The lowest BCUT2D eigenvalue weighted by Gasteiger charge is -2.21. The van der Waals surface area contributed by atoms with Crippen molar-refractivity contribution in [2.45, 2.75) is 0 Å². The molecule has 0 saturated heterocycles. The van der Waals surface area contributed by atoms with Crippen LogP contribution in [0.5, 0.6) is 0 Å². The summed E-state index contributed by atoms with van der Waals surface area (Å²) in [6, 6.07) is 6.02. The number of nitrogens with zero attached hydrogens (tertiary/aromatic N) is 3. The average Bonchev–Trinajstić information content (AvgIpc) is 2.28. The van der Waals surface area contributed by atoms with Gasteiger partial charge in [-0.25, -0.2) is 4.39 Å². The number of carbonyl (C=O) groups is 1. The highest BCUT2D eigenvalue weighted by Gasteiger charge is 2.11. The largest absolute Gasteiger partial charge is 0.365 e. The Balaban J connectivity index is 2.84. The Labute approximate surface area is 99.9 Å². The minimum absolute atomic E-state index is 0.00101. The van der Waals surface area contributed by atoms with E-state index in [0.717, 1.165) is 0 Å². The average molecular weight is 235 g/mol.